The van der Waals surface area contributed by atoms with Crippen molar-refractivity contribution in [1.29, 1.82) is 0 Å². The predicted molar refractivity (Wildman–Crippen MR) is 96.2 cm³/mol. The molecule has 26 heavy (non-hydrogen) atoms. The van der Waals surface area contributed by atoms with Crippen LogP contribution in [-0.4, -0.2) is 11.8 Å². The molecular formula is C19H15ClN2O4. The first-order chi connectivity index (χ1) is 12.6. The van der Waals surface area contributed by atoms with E-state index in [9.17, 15) is 9.59 Å². The average molecular weight is 371 g/mol. The Balaban J connectivity index is 1.78. The smallest absolute Gasteiger partial charge is 0.291 e. The molecule has 1 aromatic carbocycles. The minimum atomic E-state index is -0.525. The van der Waals surface area contributed by atoms with Gasteiger partial charge in [-0.2, -0.15) is 0 Å². The molecule has 3 aromatic rings. The van der Waals surface area contributed by atoms with Crippen molar-refractivity contribution < 1.29 is 18.4 Å². The molecule has 3 rings (SSSR count). The van der Waals surface area contributed by atoms with Crippen LogP contribution in [-0.2, 0) is 11.3 Å². The summed E-state index contributed by atoms with van der Waals surface area (Å²) < 4.78 is 10.2. The molecule has 0 radical (unpaired) electrons. The lowest BCUT2D eigenvalue weighted by atomic mass is 10.2. The van der Waals surface area contributed by atoms with Crippen molar-refractivity contribution in [1.82, 2.24) is 10.6 Å². The molecule has 0 atom stereocenters. The number of hydrogen-bond acceptors (Lipinski definition) is 4. The Morgan fingerprint density at radius 3 is 2.38 bits per heavy atom. The van der Waals surface area contributed by atoms with E-state index in [4.69, 9.17) is 20.4 Å². The molecule has 2 aromatic heterocycles. The summed E-state index contributed by atoms with van der Waals surface area (Å²) in [4.78, 5) is 24.8. The zero-order valence-electron chi connectivity index (χ0n) is 13.6. The molecule has 0 spiro atoms. The van der Waals surface area contributed by atoms with Gasteiger partial charge in [0, 0.05) is 5.02 Å². The topological polar surface area (TPSA) is 84.5 Å². The molecule has 6 nitrogen and oxygen atoms in total. The van der Waals surface area contributed by atoms with Crippen LogP contribution >= 0.6 is 11.6 Å². The molecule has 0 bridgehead atoms. The number of nitrogens with one attached hydrogen (secondary N) is 2. The van der Waals surface area contributed by atoms with Crippen LogP contribution in [0, 0.1) is 0 Å². The molecule has 0 saturated carbocycles. The van der Waals surface area contributed by atoms with Gasteiger partial charge in [0.05, 0.1) is 19.1 Å². The van der Waals surface area contributed by atoms with Crippen molar-refractivity contribution in [2.45, 2.75) is 6.54 Å². The van der Waals surface area contributed by atoms with Gasteiger partial charge in [0.2, 0.25) is 0 Å². The van der Waals surface area contributed by atoms with E-state index in [1.807, 2.05) is 0 Å². The maximum absolute atomic E-state index is 12.5. The third-order valence-electron chi connectivity index (χ3n) is 3.42. The Hall–Kier alpha value is -3.25. The van der Waals surface area contributed by atoms with Crippen LogP contribution in [0.3, 0.4) is 0 Å². The van der Waals surface area contributed by atoms with Crippen molar-refractivity contribution in [2.75, 3.05) is 0 Å². The first kappa shape index (κ1) is 17.6. The molecule has 0 unspecified atom stereocenters. The van der Waals surface area contributed by atoms with Gasteiger partial charge in [-0.1, -0.05) is 23.7 Å². The summed E-state index contributed by atoms with van der Waals surface area (Å²) in [7, 11) is 0. The molecule has 0 aliphatic rings. The van der Waals surface area contributed by atoms with Crippen LogP contribution in [0.5, 0.6) is 0 Å². The lowest BCUT2D eigenvalue weighted by Crippen LogP contribution is -2.34. The Labute approximate surface area is 154 Å². The third-order valence-corrected chi connectivity index (χ3v) is 3.67. The van der Waals surface area contributed by atoms with Gasteiger partial charge >= 0.3 is 0 Å². The van der Waals surface area contributed by atoms with Gasteiger partial charge < -0.3 is 19.5 Å². The maximum Gasteiger partial charge on any atom is 0.291 e. The number of halogens is 1. The minimum Gasteiger partial charge on any atom is -0.467 e. The zero-order chi connectivity index (χ0) is 18.4. The van der Waals surface area contributed by atoms with E-state index in [1.165, 1.54) is 18.6 Å². The summed E-state index contributed by atoms with van der Waals surface area (Å²) in [6, 6.07) is 13.4. The normalized spacial score (nSPS) is 11.2. The number of benzene rings is 1. The molecule has 2 amide bonds. The van der Waals surface area contributed by atoms with E-state index in [1.54, 1.807) is 48.5 Å². The van der Waals surface area contributed by atoms with E-state index < -0.39 is 11.8 Å². The van der Waals surface area contributed by atoms with Crippen LogP contribution in [0.2, 0.25) is 5.02 Å². The highest BCUT2D eigenvalue weighted by atomic mass is 35.5. The second-order valence-electron chi connectivity index (χ2n) is 5.30. The van der Waals surface area contributed by atoms with Gasteiger partial charge in [0.1, 0.15) is 11.5 Å². The van der Waals surface area contributed by atoms with Crippen molar-refractivity contribution in [3.8, 4) is 0 Å². The summed E-state index contributed by atoms with van der Waals surface area (Å²) in [5.74, 6) is -0.285. The second kappa shape index (κ2) is 8.22. The number of hydrogen-bond donors (Lipinski definition) is 2. The fourth-order valence-corrected chi connectivity index (χ4v) is 2.28. The average Bonchev–Trinajstić information content (AvgIpc) is 3.34. The minimum absolute atomic E-state index is 0.0697. The Morgan fingerprint density at radius 2 is 1.73 bits per heavy atom. The fourth-order valence-electron chi connectivity index (χ4n) is 2.15. The van der Waals surface area contributed by atoms with Crippen LogP contribution in [0.4, 0.5) is 0 Å². The van der Waals surface area contributed by atoms with Gasteiger partial charge in [0.25, 0.3) is 11.8 Å². The van der Waals surface area contributed by atoms with Gasteiger partial charge in [0.15, 0.2) is 5.76 Å². The Bertz CT molecular complexity index is 898. The van der Waals surface area contributed by atoms with Gasteiger partial charge in [-0.15, -0.1) is 0 Å². The molecule has 0 aliphatic carbocycles. The van der Waals surface area contributed by atoms with E-state index in [-0.39, 0.29) is 18.0 Å². The Morgan fingerprint density at radius 1 is 1.00 bits per heavy atom. The zero-order valence-corrected chi connectivity index (χ0v) is 14.3. The molecular weight excluding hydrogens is 356 g/mol. The summed E-state index contributed by atoms with van der Waals surface area (Å²) in [5.41, 5.74) is 0.776. The summed E-state index contributed by atoms with van der Waals surface area (Å²) in [6.07, 6.45) is 4.45. The van der Waals surface area contributed by atoms with E-state index in [0.29, 0.717) is 16.3 Å². The van der Waals surface area contributed by atoms with E-state index in [2.05, 4.69) is 10.6 Å². The third kappa shape index (κ3) is 4.64. The van der Waals surface area contributed by atoms with Crippen molar-refractivity contribution in [3.05, 3.63) is 88.9 Å². The highest BCUT2D eigenvalue weighted by Gasteiger charge is 2.16. The van der Waals surface area contributed by atoms with Crippen LogP contribution in [0.15, 0.2) is 75.6 Å². The first-order valence-corrected chi connectivity index (χ1v) is 8.12. The summed E-state index contributed by atoms with van der Waals surface area (Å²) >= 11 is 5.88. The lowest BCUT2D eigenvalue weighted by molar-refractivity contribution is -0.118. The first-order valence-electron chi connectivity index (χ1n) is 7.74. The number of carbonyl (C=O) groups is 2. The highest BCUT2D eigenvalue weighted by molar-refractivity contribution is 6.30. The highest BCUT2D eigenvalue weighted by Crippen LogP contribution is 2.13. The van der Waals surface area contributed by atoms with E-state index >= 15 is 0 Å². The van der Waals surface area contributed by atoms with Crippen molar-refractivity contribution in [2.24, 2.45) is 0 Å². The van der Waals surface area contributed by atoms with Crippen molar-refractivity contribution in [3.63, 3.8) is 0 Å². The van der Waals surface area contributed by atoms with Gasteiger partial charge in [-0.3, -0.25) is 9.59 Å². The maximum atomic E-state index is 12.5. The standard InChI is InChI=1S/C19H15ClN2O4/c20-14-7-5-13(6-8-14)11-16(22-19(24)17-4-2-10-26-17)18(23)21-12-15-3-1-9-25-15/h1-11H,12H2,(H,21,23)(H,22,24)/b16-11+. The predicted octanol–water partition coefficient (Wildman–Crippen LogP) is 3.61. The number of amides is 2. The molecule has 2 N–H and O–H groups in total. The molecule has 7 heteroatoms. The van der Waals surface area contributed by atoms with Gasteiger partial charge in [-0.05, 0) is 48.0 Å². The Kier molecular flexibility index (Phi) is 5.56. The van der Waals surface area contributed by atoms with Crippen molar-refractivity contribution >= 4 is 29.5 Å². The largest absolute Gasteiger partial charge is 0.467 e. The second-order valence-corrected chi connectivity index (χ2v) is 5.74. The molecule has 132 valence electrons. The van der Waals surface area contributed by atoms with Crippen LogP contribution in [0.25, 0.3) is 6.08 Å². The molecule has 0 aliphatic heterocycles. The summed E-state index contributed by atoms with van der Waals surface area (Å²) in [6.45, 7) is 0.195. The number of furan rings is 2. The SMILES string of the molecule is O=C(NCc1ccco1)/C(=C\c1ccc(Cl)cc1)NC(=O)c1ccco1. The lowest BCUT2D eigenvalue weighted by Gasteiger charge is -2.09. The molecule has 0 saturated heterocycles. The van der Waals surface area contributed by atoms with Gasteiger partial charge in [-0.25, -0.2) is 0 Å². The quantitative estimate of drug-likeness (QED) is 0.649. The molecule has 2 heterocycles. The van der Waals surface area contributed by atoms with E-state index in [0.717, 1.165) is 0 Å². The number of carbonyl (C=O) groups excluding carboxylic acids is 2. The fraction of sp³-hybridized carbons (Fsp3) is 0.0526. The monoisotopic (exact) mass is 370 g/mol. The summed E-state index contributed by atoms with van der Waals surface area (Å²) in [5, 5.41) is 5.83. The molecule has 0 fully saturated rings. The number of rotatable bonds is 6. The van der Waals surface area contributed by atoms with Crippen LogP contribution in [0.1, 0.15) is 21.9 Å². The van der Waals surface area contributed by atoms with Crippen LogP contribution < -0.4 is 10.6 Å².